The van der Waals surface area contributed by atoms with Crippen LogP contribution in [0.25, 0.3) is 0 Å². The van der Waals surface area contributed by atoms with Crippen LogP contribution in [-0.2, 0) is 11.3 Å². The van der Waals surface area contributed by atoms with Gasteiger partial charge in [-0.3, -0.25) is 4.79 Å². The first kappa shape index (κ1) is 13.3. The van der Waals surface area contributed by atoms with Crippen molar-refractivity contribution in [1.82, 2.24) is 5.32 Å². The third-order valence-corrected chi connectivity index (χ3v) is 4.22. The molecule has 1 atom stereocenters. The van der Waals surface area contributed by atoms with Crippen molar-refractivity contribution in [2.75, 3.05) is 5.75 Å². The molecule has 1 unspecified atom stereocenters. The van der Waals surface area contributed by atoms with Crippen LogP contribution in [0.4, 0.5) is 0 Å². The summed E-state index contributed by atoms with van der Waals surface area (Å²) in [6.07, 6.45) is 0. The number of thioether (sulfide) groups is 1. The van der Waals surface area contributed by atoms with E-state index in [0.29, 0.717) is 6.54 Å². The minimum absolute atomic E-state index is 0.0170. The van der Waals surface area contributed by atoms with Crippen molar-refractivity contribution in [1.29, 1.82) is 0 Å². The lowest BCUT2D eigenvalue weighted by Crippen LogP contribution is -2.30. The van der Waals surface area contributed by atoms with E-state index in [0.717, 1.165) is 11.3 Å². The van der Waals surface area contributed by atoms with Crippen molar-refractivity contribution in [2.45, 2.75) is 25.6 Å². The molecule has 1 heterocycles. The standard InChI is InChI=1S/C12H17NOS2/c1-9(2)8-16-10(3)12(14)13-7-11-5-4-6-15-11/h4-6,10H,1,7-8H2,2-3H3,(H,13,14). The number of carbonyl (C=O) groups excluding carboxylic acids is 1. The predicted octanol–water partition coefficient (Wildman–Crippen LogP) is 3.06. The number of amides is 1. The monoisotopic (exact) mass is 255 g/mol. The molecule has 0 aromatic carbocycles. The van der Waals surface area contributed by atoms with Gasteiger partial charge in [0.2, 0.25) is 5.91 Å². The molecule has 0 aliphatic carbocycles. The fourth-order valence-electron chi connectivity index (χ4n) is 1.07. The van der Waals surface area contributed by atoms with Gasteiger partial charge in [0, 0.05) is 10.6 Å². The van der Waals surface area contributed by atoms with E-state index in [1.165, 1.54) is 4.88 Å². The zero-order valence-corrected chi connectivity index (χ0v) is 11.3. The Labute approximate surface area is 105 Å². The molecule has 0 saturated heterocycles. The second kappa shape index (κ2) is 6.76. The van der Waals surface area contributed by atoms with Crippen molar-refractivity contribution in [3.8, 4) is 0 Å². The maximum atomic E-state index is 11.7. The molecular formula is C12H17NOS2. The number of hydrogen-bond acceptors (Lipinski definition) is 3. The number of thiophene rings is 1. The van der Waals surface area contributed by atoms with Gasteiger partial charge in [0.05, 0.1) is 11.8 Å². The molecule has 1 aromatic rings. The van der Waals surface area contributed by atoms with Gasteiger partial charge in [-0.1, -0.05) is 18.2 Å². The van der Waals surface area contributed by atoms with Gasteiger partial charge in [0.1, 0.15) is 0 Å². The fraction of sp³-hybridized carbons (Fsp3) is 0.417. The third-order valence-electron chi connectivity index (χ3n) is 1.97. The van der Waals surface area contributed by atoms with E-state index in [9.17, 15) is 4.79 Å². The zero-order chi connectivity index (χ0) is 12.0. The van der Waals surface area contributed by atoms with Gasteiger partial charge in [0.25, 0.3) is 0 Å². The first-order valence-corrected chi connectivity index (χ1v) is 7.08. The van der Waals surface area contributed by atoms with Gasteiger partial charge >= 0.3 is 0 Å². The summed E-state index contributed by atoms with van der Waals surface area (Å²) in [4.78, 5) is 12.9. The maximum absolute atomic E-state index is 11.7. The van der Waals surface area contributed by atoms with Crippen LogP contribution < -0.4 is 5.32 Å². The Hall–Kier alpha value is -0.740. The van der Waals surface area contributed by atoms with Gasteiger partial charge < -0.3 is 5.32 Å². The Bertz CT molecular complexity index is 346. The summed E-state index contributed by atoms with van der Waals surface area (Å²) in [6, 6.07) is 4.02. The van der Waals surface area contributed by atoms with Crippen LogP contribution in [0.2, 0.25) is 0 Å². The van der Waals surface area contributed by atoms with E-state index in [1.807, 2.05) is 31.4 Å². The molecule has 0 spiro atoms. The quantitative estimate of drug-likeness (QED) is 0.792. The molecule has 0 bridgehead atoms. The molecule has 88 valence electrons. The molecule has 1 amide bonds. The highest BCUT2D eigenvalue weighted by Gasteiger charge is 2.12. The smallest absolute Gasteiger partial charge is 0.233 e. The number of hydrogen-bond donors (Lipinski definition) is 1. The Morgan fingerprint density at radius 3 is 3.00 bits per heavy atom. The predicted molar refractivity (Wildman–Crippen MR) is 72.9 cm³/mol. The SMILES string of the molecule is C=C(C)CSC(C)C(=O)NCc1cccs1. The summed E-state index contributed by atoms with van der Waals surface area (Å²) in [5, 5.41) is 4.93. The van der Waals surface area contributed by atoms with Crippen LogP contribution >= 0.6 is 23.1 Å². The lowest BCUT2D eigenvalue weighted by atomic mass is 10.4. The van der Waals surface area contributed by atoms with Crippen LogP contribution in [0.1, 0.15) is 18.7 Å². The Morgan fingerprint density at radius 1 is 1.69 bits per heavy atom. The highest BCUT2D eigenvalue weighted by Crippen LogP contribution is 2.14. The normalized spacial score (nSPS) is 12.1. The molecular weight excluding hydrogens is 238 g/mol. The molecule has 0 saturated carbocycles. The molecule has 1 aromatic heterocycles. The van der Waals surface area contributed by atoms with E-state index in [2.05, 4.69) is 11.9 Å². The summed E-state index contributed by atoms with van der Waals surface area (Å²) in [5.41, 5.74) is 1.10. The van der Waals surface area contributed by atoms with Gasteiger partial charge in [-0.05, 0) is 25.3 Å². The Kier molecular flexibility index (Phi) is 5.63. The van der Waals surface area contributed by atoms with Crippen LogP contribution in [0.15, 0.2) is 29.7 Å². The van der Waals surface area contributed by atoms with Crippen LogP contribution in [0, 0.1) is 0 Å². The zero-order valence-electron chi connectivity index (χ0n) is 9.66. The van der Waals surface area contributed by atoms with Crippen molar-refractivity contribution in [3.63, 3.8) is 0 Å². The average molecular weight is 255 g/mol. The topological polar surface area (TPSA) is 29.1 Å². The lowest BCUT2D eigenvalue weighted by molar-refractivity contribution is -0.120. The van der Waals surface area contributed by atoms with Crippen molar-refractivity contribution in [3.05, 3.63) is 34.5 Å². The molecule has 0 fully saturated rings. The van der Waals surface area contributed by atoms with Crippen LogP contribution in [-0.4, -0.2) is 16.9 Å². The highest BCUT2D eigenvalue weighted by atomic mass is 32.2. The number of nitrogens with one attached hydrogen (secondary N) is 1. The van der Waals surface area contributed by atoms with E-state index < -0.39 is 0 Å². The summed E-state index contributed by atoms with van der Waals surface area (Å²) < 4.78 is 0. The Morgan fingerprint density at radius 2 is 2.44 bits per heavy atom. The summed E-state index contributed by atoms with van der Waals surface area (Å²) in [5.74, 6) is 0.938. The maximum Gasteiger partial charge on any atom is 0.233 e. The fourth-order valence-corrected chi connectivity index (χ4v) is 2.49. The van der Waals surface area contributed by atoms with E-state index in [1.54, 1.807) is 23.1 Å². The highest BCUT2D eigenvalue weighted by molar-refractivity contribution is 8.00. The average Bonchev–Trinajstić information content (AvgIpc) is 2.75. The molecule has 0 aliphatic heterocycles. The molecule has 1 rings (SSSR count). The summed E-state index contributed by atoms with van der Waals surface area (Å²) in [7, 11) is 0. The van der Waals surface area contributed by atoms with Crippen molar-refractivity contribution >= 4 is 29.0 Å². The van der Waals surface area contributed by atoms with E-state index >= 15 is 0 Å². The van der Waals surface area contributed by atoms with Gasteiger partial charge in [-0.15, -0.1) is 23.1 Å². The van der Waals surface area contributed by atoms with E-state index in [4.69, 9.17) is 0 Å². The lowest BCUT2D eigenvalue weighted by Gasteiger charge is -2.11. The molecule has 4 heteroatoms. The van der Waals surface area contributed by atoms with Gasteiger partial charge in [-0.2, -0.15) is 0 Å². The largest absolute Gasteiger partial charge is 0.350 e. The number of rotatable bonds is 6. The molecule has 16 heavy (non-hydrogen) atoms. The minimum Gasteiger partial charge on any atom is -0.350 e. The Balaban J connectivity index is 2.26. The van der Waals surface area contributed by atoms with Crippen molar-refractivity contribution < 1.29 is 4.79 Å². The molecule has 1 N–H and O–H groups in total. The first-order valence-electron chi connectivity index (χ1n) is 5.15. The van der Waals surface area contributed by atoms with E-state index in [-0.39, 0.29) is 11.2 Å². The second-order valence-corrected chi connectivity index (χ2v) is 6.07. The third kappa shape index (κ3) is 4.86. The molecule has 2 nitrogen and oxygen atoms in total. The minimum atomic E-state index is -0.0170. The summed E-state index contributed by atoms with van der Waals surface area (Å²) >= 11 is 3.28. The van der Waals surface area contributed by atoms with Crippen LogP contribution in [0.5, 0.6) is 0 Å². The van der Waals surface area contributed by atoms with Gasteiger partial charge in [0.15, 0.2) is 0 Å². The first-order chi connectivity index (χ1) is 7.59. The second-order valence-electron chi connectivity index (χ2n) is 3.71. The molecule has 0 radical (unpaired) electrons. The van der Waals surface area contributed by atoms with Crippen LogP contribution in [0.3, 0.4) is 0 Å². The van der Waals surface area contributed by atoms with Crippen molar-refractivity contribution in [2.24, 2.45) is 0 Å². The molecule has 0 aliphatic rings. The number of carbonyl (C=O) groups is 1. The summed E-state index contributed by atoms with van der Waals surface area (Å²) in [6.45, 7) is 8.36. The van der Waals surface area contributed by atoms with Gasteiger partial charge in [-0.25, -0.2) is 0 Å².